The molecule has 2 rings (SSSR count). The molecule has 1 N–H and O–H groups in total. The van der Waals surface area contributed by atoms with Gasteiger partial charge < -0.3 is 10.2 Å². The average molecular weight is 278 g/mol. The molecule has 1 aromatic rings. The van der Waals surface area contributed by atoms with Crippen LogP contribution in [0.5, 0.6) is 0 Å². The van der Waals surface area contributed by atoms with Crippen molar-refractivity contribution in [3.8, 4) is 6.07 Å². The van der Waals surface area contributed by atoms with Crippen molar-refractivity contribution in [2.24, 2.45) is 0 Å². The van der Waals surface area contributed by atoms with Gasteiger partial charge in [0.15, 0.2) is 0 Å². The Morgan fingerprint density at radius 1 is 1.53 bits per heavy atom. The molecular weight excluding hydrogens is 258 g/mol. The van der Waals surface area contributed by atoms with Crippen molar-refractivity contribution in [2.45, 2.75) is 32.2 Å². The van der Waals surface area contributed by atoms with E-state index in [0.717, 1.165) is 31.7 Å². The first-order valence-corrected chi connectivity index (χ1v) is 7.31. The molecule has 1 atom stereocenters. The number of anilines is 1. The number of hydrogen-bond acceptors (Lipinski definition) is 3. The predicted molar refractivity (Wildman–Crippen MR) is 79.7 cm³/mol. The Labute approximate surface area is 120 Å². The van der Waals surface area contributed by atoms with Crippen LogP contribution in [-0.2, 0) is 0 Å². The maximum Gasteiger partial charge on any atom is 0.103 e. The summed E-state index contributed by atoms with van der Waals surface area (Å²) in [4.78, 5) is 2.34. The van der Waals surface area contributed by atoms with E-state index in [1.54, 1.807) is 6.07 Å². The lowest BCUT2D eigenvalue weighted by Gasteiger charge is -2.37. The standard InChI is InChI=1S/C15H20ClN3/c1-2-9-19(12-5-4-8-18-11-12)15-7-3-6-14(16)13(15)10-17/h3,6-7,12,18H,2,4-5,8-9,11H2,1H3. The molecule has 1 unspecified atom stereocenters. The number of hydrogen-bond donors (Lipinski definition) is 1. The highest BCUT2D eigenvalue weighted by Gasteiger charge is 2.23. The topological polar surface area (TPSA) is 39.1 Å². The van der Waals surface area contributed by atoms with Gasteiger partial charge in [-0.15, -0.1) is 0 Å². The minimum atomic E-state index is 0.458. The maximum absolute atomic E-state index is 9.34. The highest BCUT2D eigenvalue weighted by Crippen LogP contribution is 2.29. The average Bonchev–Trinajstić information content (AvgIpc) is 2.45. The Morgan fingerprint density at radius 3 is 3.00 bits per heavy atom. The van der Waals surface area contributed by atoms with Crippen LogP contribution >= 0.6 is 11.6 Å². The zero-order valence-corrected chi connectivity index (χ0v) is 12.1. The van der Waals surface area contributed by atoms with Gasteiger partial charge in [-0.25, -0.2) is 0 Å². The molecule has 19 heavy (non-hydrogen) atoms. The Bertz CT molecular complexity index is 461. The minimum Gasteiger partial charge on any atom is -0.366 e. The molecule has 0 aliphatic carbocycles. The molecule has 102 valence electrons. The third-order valence-corrected chi connectivity index (χ3v) is 3.90. The zero-order chi connectivity index (χ0) is 13.7. The van der Waals surface area contributed by atoms with E-state index >= 15 is 0 Å². The predicted octanol–water partition coefficient (Wildman–Crippen LogP) is 3.18. The number of nitriles is 1. The molecule has 3 nitrogen and oxygen atoms in total. The molecular formula is C15H20ClN3. The van der Waals surface area contributed by atoms with Gasteiger partial charge in [-0.05, 0) is 37.9 Å². The van der Waals surface area contributed by atoms with Crippen LogP contribution < -0.4 is 10.2 Å². The molecule has 1 aliphatic heterocycles. The van der Waals surface area contributed by atoms with Crippen molar-refractivity contribution in [2.75, 3.05) is 24.5 Å². The van der Waals surface area contributed by atoms with E-state index in [0.29, 0.717) is 16.6 Å². The van der Waals surface area contributed by atoms with Crippen molar-refractivity contribution in [3.63, 3.8) is 0 Å². The van der Waals surface area contributed by atoms with E-state index in [1.165, 1.54) is 12.8 Å². The smallest absolute Gasteiger partial charge is 0.103 e. The summed E-state index contributed by atoms with van der Waals surface area (Å²) in [6.07, 6.45) is 3.42. The monoisotopic (exact) mass is 277 g/mol. The van der Waals surface area contributed by atoms with Crippen LogP contribution in [0.4, 0.5) is 5.69 Å². The van der Waals surface area contributed by atoms with Crippen LogP contribution in [0.3, 0.4) is 0 Å². The second-order valence-electron chi connectivity index (χ2n) is 4.94. The largest absolute Gasteiger partial charge is 0.366 e. The third-order valence-electron chi connectivity index (χ3n) is 3.59. The van der Waals surface area contributed by atoms with Gasteiger partial charge in [-0.3, -0.25) is 0 Å². The maximum atomic E-state index is 9.34. The van der Waals surface area contributed by atoms with Crippen LogP contribution in [0.15, 0.2) is 18.2 Å². The molecule has 1 saturated heterocycles. The van der Waals surface area contributed by atoms with Gasteiger partial charge in [0.05, 0.1) is 16.3 Å². The van der Waals surface area contributed by atoms with Gasteiger partial charge >= 0.3 is 0 Å². The summed E-state index contributed by atoms with van der Waals surface area (Å²) < 4.78 is 0. The first-order valence-electron chi connectivity index (χ1n) is 6.94. The summed E-state index contributed by atoms with van der Waals surface area (Å²) in [5, 5.41) is 13.3. The van der Waals surface area contributed by atoms with Crippen LogP contribution in [0.1, 0.15) is 31.7 Å². The van der Waals surface area contributed by atoms with Gasteiger partial charge in [0.1, 0.15) is 6.07 Å². The van der Waals surface area contributed by atoms with E-state index in [1.807, 2.05) is 12.1 Å². The molecule has 0 radical (unpaired) electrons. The minimum absolute atomic E-state index is 0.458. The van der Waals surface area contributed by atoms with Gasteiger partial charge in [0.2, 0.25) is 0 Å². The van der Waals surface area contributed by atoms with Crippen LogP contribution in [-0.4, -0.2) is 25.7 Å². The fourth-order valence-corrected chi connectivity index (χ4v) is 2.91. The number of halogens is 1. The molecule has 0 saturated carbocycles. The molecule has 0 bridgehead atoms. The molecule has 4 heteroatoms. The first kappa shape index (κ1) is 14.2. The molecule has 1 heterocycles. The van der Waals surface area contributed by atoms with Gasteiger partial charge in [-0.2, -0.15) is 5.26 Å². The Hall–Kier alpha value is -1.24. The lowest BCUT2D eigenvalue weighted by atomic mass is 10.0. The summed E-state index contributed by atoms with van der Waals surface area (Å²) in [5.41, 5.74) is 1.58. The summed E-state index contributed by atoms with van der Waals surface area (Å²) >= 11 is 6.15. The lowest BCUT2D eigenvalue weighted by Crippen LogP contribution is -2.46. The van der Waals surface area contributed by atoms with E-state index in [2.05, 4.69) is 23.2 Å². The fraction of sp³-hybridized carbons (Fsp3) is 0.533. The number of rotatable bonds is 4. The highest BCUT2D eigenvalue weighted by atomic mass is 35.5. The van der Waals surface area contributed by atoms with E-state index in [4.69, 9.17) is 11.6 Å². The first-order chi connectivity index (χ1) is 9.27. The van der Waals surface area contributed by atoms with Crippen molar-refractivity contribution in [1.82, 2.24) is 5.32 Å². The molecule has 1 fully saturated rings. The van der Waals surface area contributed by atoms with Crippen LogP contribution in [0.25, 0.3) is 0 Å². The quantitative estimate of drug-likeness (QED) is 0.919. The van der Waals surface area contributed by atoms with E-state index < -0.39 is 0 Å². The number of nitrogens with one attached hydrogen (secondary N) is 1. The molecule has 1 aliphatic rings. The lowest BCUT2D eigenvalue weighted by molar-refractivity contribution is 0.431. The Balaban J connectivity index is 2.33. The van der Waals surface area contributed by atoms with Crippen molar-refractivity contribution in [3.05, 3.63) is 28.8 Å². The van der Waals surface area contributed by atoms with Crippen molar-refractivity contribution in [1.29, 1.82) is 5.26 Å². The number of benzene rings is 1. The van der Waals surface area contributed by atoms with Gasteiger partial charge in [-0.1, -0.05) is 24.6 Å². The molecule has 0 amide bonds. The second-order valence-corrected chi connectivity index (χ2v) is 5.35. The number of piperidine rings is 1. The summed E-state index contributed by atoms with van der Waals surface area (Å²) in [5.74, 6) is 0. The summed E-state index contributed by atoms with van der Waals surface area (Å²) in [6.45, 7) is 5.20. The molecule has 0 aromatic heterocycles. The fourth-order valence-electron chi connectivity index (χ4n) is 2.70. The third kappa shape index (κ3) is 3.20. The summed E-state index contributed by atoms with van der Waals surface area (Å²) in [6, 6.07) is 8.43. The van der Waals surface area contributed by atoms with Gasteiger partial charge in [0.25, 0.3) is 0 Å². The Morgan fingerprint density at radius 2 is 2.37 bits per heavy atom. The van der Waals surface area contributed by atoms with Crippen molar-refractivity contribution >= 4 is 17.3 Å². The van der Waals surface area contributed by atoms with Crippen LogP contribution in [0.2, 0.25) is 5.02 Å². The normalized spacial score (nSPS) is 18.9. The van der Waals surface area contributed by atoms with Crippen molar-refractivity contribution < 1.29 is 0 Å². The number of nitrogens with zero attached hydrogens (tertiary/aromatic N) is 2. The Kier molecular flexibility index (Phi) is 5.07. The van der Waals surface area contributed by atoms with E-state index in [9.17, 15) is 5.26 Å². The van der Waals surface area contributed by atoms with E-state index in [-0.39, 0.29) is 0 Å². The molecule has 1 aromatic carbocycles. The summed E-state index contributed by atoms with van der Waals surface area (Å²) in [7, 11) is 0. The SMILES string of the molecule is CCCN(c1cccc(Cl)c1C#N)C1CCCNC1. The van der Waals surface area contributed by atoms with Gasteiger partial charge in [0, 0.05) is 19.1 Å². The zero-order valence-electron chi connectivity index (χ0n) is 11.3. The van der Waals surface area contributed by atoms with Crippen LogP contribution in [0, 0.1) is 11.3 Å². The highest BCUT2D eigenvalue weighted by molar-refractivity contribution is 6.32. The second kappa shape index (κ2) is 6.79. The molecule has 0 spiro atoms.